The molecule has 10 nitrogen and oxygen atoms in total. The summed E-state index contributed by atoms with van der Waals surface area (Å²) in [6.07, 6.45) is 1.46. The molecule has 0 spiro atoms. The van der Waals surface area contributed by atoms with Gasteiger partial charge in [0.15, 0.2) is 0 Å². The highest BCUT2D eigenvalue weighted by Gasteiger charge is 2.31. The lowest BCUT2D eigenvalue weighted by molar-refractivity contribution is 0.191. The largest absolute Gasteiger partial charge is 0.481 e. The molecule has 0 saturated heterocycles. The van der Waals surface area contributed by atoms with Crippen molar-refractivity contribution >= 4 is 15.6 Å². The molecule has 0 heterocycles. The number of phosphoric acid groups is 2. The van der Waals surface area contributed by atoms with Crippen molar-refractivity contribution in [2.45, 2.75) is 13.8 Å². The van der Waals surface area contributed by atoms with E-state index >= 15 is 0 Å². The molecule has 0 rings (SSSR count). The second-order valence-electron chi connectivity index (χ2n) is 2.62. The minimum absolute atomic E-state index is 0. The number of phosphoric ester groups is 1. The summed E-state index contributed by atoms with van der Waals surface area (Å²) in [7, 11) is -9.69. The van der Waals surface area contributed by atoms with Crippen LogP contribution < -0.4 is 18.5 Å². The predicted molar refractivity (Wildman–Crippen MR) is 63.4 cm³/mol. The van der Waals surface area contributed by atoms with Crippen molar-refractivity contribution in [3.8, 4) is 0 Å². The molecular weight excluding hydrogens is 276 g/mol. The van der Waals surface area contributed by atoms with Gasteiger partial charge in [-0.25, -0.2) is 9.13 Å². The SMILES string of the molecule is CC(C)=CCOP(=O)(O)OP(=O)(O)O.N.N.N. The number of rotatable bonds is 5. The van der Waals surface area contributed by atoms with Crippen LogP contribution in [0.15, 0.2) is 11.6 Å². The van der Waals surface area contributed by atoms with Crippen LogP contribution in [0.5, 0.6) is 0 Å². The molecular formula is C5H21N3O7P2. The number of hydrogen-bond donors (Lipinski definition) is 6. The van der Waals surface area contributed by atoms with Crippen LogP contribution in [-0.2, 0) is 18.0 Å². The first-order valence-corrected chi connectivity index (χ1v) is 6.52. The highest BCUT2D eigenvalue weighted by molar-refractivity contribution is 7.60. The van der Waals surface area contributed by atoms with Crippen molar-refractivity contribution in [2.24, 2.45) is 0 Å². The van der Waals surface area contributed by atoms with Crippen LogP contribution in [0.3, 0.4) is 0 Å². The van der Waals surface area contributed by atoms with Gasteiger partial charge >= 0.3 is 15.6 Å². The van der Waals surface area contributed by atoms with Crippen LogP contribution in [0, 0.1) is 0 Å². The molecule has 0 fully saturated rings. The van der Waals surface area contributed by atoms with E-state index in [9.17, 15) is 9.13 Å². The van der Waals surface area contributed by atoms with Crippen LogP contribution in [-0.4, -0.2) is 21.3 Å². The zero-order chi connectivity index (χ0) is 11.4. The molecule has 1 unspecified atom stereocenters. The fraction of sp³-hybridized carbons (Fsp3) is 0.600. The van der Waals surface area contributed by atoms with Crippen LogP contribution >= 0.6 is 15.6 Å². The molecule has 17 heavy (non-hydrogen) atoms. The van der Waals surface area contributed by atoms with E-state index in [-0.39, 0.29) is 25.1 Å². The van der Waals surface area contributed by atoms with Crippen molar-refractivity contribution in [1.82, 2.24) is 18.5 Å². The number of allylic oxidation sites excluding steroid dienone is 1. The lowest BCUT2D eigenvalue weighted by atomic mass is 10.3. The molecule has 0 bridgehead atoms. The maximum absolute atomic E-state index is 10.8. The normalized spacial score (nSPS) is 13.2. The Morgan fingerprint density at radius 3 is 1.82 bits per heavy atom. The summed E-state index contributed by atoms with van der Waals surface area (Å²) in [6.45, 7) is 3.21. The first kappa shape index (κ1) is 25.7. The maximum atomic E-state index is 10.8. The monoisotopic (exact) mass is 297 g/mol. The minimum atomic E-state index is -5.01. The van der Waals surface area contributed by atoms with Crippen molar-refractivity contribution in [1.29, 1.82) is 0 Å². The molecule has 0 saturated carbocycles. The second kappa shape index (κ2) is 9.86. The third-order valence-electron chi connectivity index (χ3n) is 0.939. The Morgan fingerprint density at radius 2 is 1.53 bits per heavy atom. The maximum Gasteiger partial charge on any atom is 0.481 e. The number of hydrogen-bond acceptors (Lipinski definition) is 7. The van der Waals surface area contributed by atoms with Crippen LogP contribution in [0.2, 0.25) is 0 Å². The average molecular weight is 297 g/mol. The molecule has 12 heteroatoms. The van der Waals surface area contributed by atoms with Gasteiger partial charge in [-0.2, -0.15) is 4.31 Å². The third kappa shape index (κ3) is 18.4. The fourth-order valence-corrected chi connectivity index (χ4v) is 1.98. The van der Waals surface area contributed by atoms with Gasteiger partial charge in [0.05, 0.1) is 6.61 Å². The molecule has 0 aromatic rings. The summed E-state index contributed by atoms with van der Waals surface area (Å²) in [4.78, 5) is 25.2. The fourth-order valence-electron chi connectivity index (χ4n) is 0.456. The first-order chi connectivity index (χ1) is 6.12. The Hall–Kier alpha value is -0.120. The molecule has 0 aromatic heterocycles. The van der Waals surface area contributed by atoms with Gasteiger partial charge in [-0.05, 0) is 13.8 Å². The molecule has 0 amide bonds. The second-order valence-corrected chi connectivity index (χ2v) is 5.45. The van der Waals surface area contributed by atoms with E-state index in [2.05, 4.69) is 8.83 Å². The van der Waals surface area contributed by atoms with Gasteiger partial charge in [-0.15, -0.1) is 0 Å². The van der Waals surface area contributed by atoms with Crippen molar-refractivity contribution in [3.63, 3.8) is 0 Å². The van der Waals surface area contributed by atoms with E-state index in [1.165, 1.54) is 6.08 Å². The van der Waals surface area contributed by atoms with Gasteiger partial charge in [-0.1, -0.05) is 11.6 Å². The Bertz CT molecular complexity index is 311. The molecule has 0 radical (unpaired) electrons. The molecule has 108 valence electrons. The lowest BCUT2D eigenvalue weighted by Gasteiger charge is -2.10. The molecule has 0 aromatic carbocycles. The van der Waals surface area contributed by atoms with E-state index < -0.39 is 15.6 Å². The minimum Gasteiger partial charge on any atom is -0.344 e. The lowest BCUT2D eigenvalue weighted by Crippen LogP contribution is -1.94. The van der Waals surface area contributed by atoms with Crippen LogP contribution in [0.4, 0.5) is 0 Å². The van der Waals surface area contributed by atoms with E-state index in [1.807, 2.05) is 0 Å². The summed E-state index contributed by atoms with van der Waals surface area (Å²) < 4.78 is 28.8. The standard InChI is InChI=1S/C5H12O7P2.3H3N/c1-5(2)3-4-11-14(9,10)12-13(6,7)8;;;/h3H,4H2,1-2H3,(H,9,10)(H2,6,7,8);3*1H3. The highest BCUT2D eigenvalue weighted by atomic mass is 31.3. The van der Waals surface area contributed by atoms with Gasteiger partial charge in [0.2, 0.25) is 0 Å². The smallest absolute Gasteiger partial charge is 0.344 e. The third-order valence-corrected chi connectivity index (χ3v) is 3.09. The van der Waals surface area contributed by atoms with Gasteiger partial charge < -0.3 is 33.1 Å². The quantitative estimate of drug-likeness (QED) is 0.318. The zero-order valence-corrected chi connectivity index (χ0v) is 11.6. The predicted octanol–water partition coefficient (Wildman–Crippen LogP) is 1.66. The van der Waals surface area contributed by atoms with Crippen LogP contribution in [0.25, 0.3) is 0 Å². The Morgan fingerprint density at radius 1 is 1.12 bits per heavy atom. The van der Waals surface area contributed by atoms with Crippen molar-refractivity contribution in [3.05, 3.63) is 11.6 Å². The van der Waals surface area contributed by atoms with Crippen LogP contribution in [0.1, 0.15) is 13.8 Å². The van der Waals surface area contributed by atoms with Gasteiger partial charge in [0, 0.05) is 0 Å². The van der Waals surface area contributed by atoms with E-state index in [0.29, 0.717) is 0 Å². The van der Waals surface area contributed by atoms with Gasteiger partial charge in [0.1, 0.15) is 0 Å². The van der Waals surface area contributed by atoms with E-state index in [0.717, 1.165) is 5.57 Å². The van der Waals surface area contributed by atoms with Crippen molar-refractivity contribution in [2.75, 3.05) is 6.61 Å². The molecule has 0 aliphatic carbocycles. The summed E-state index contributed by atoms with van der Waals surface area (Å²) in [5, 5.41) is 0. The zero-order valence-electron chi connectivity index (χ0n) is 9.77. The van der Waals surface area contributed by atoms with Crippen molar-refractivity contribution < 1.29 is 32.6 Å². The van der Waals surface area contributed by atoms with E-state index in [1.54, 1.807) is 13.8 Å². The summed E-state index contributed by atoms with van der Waals surface area (Å²) in [5.41, 5.74) is 0.834. The van der Waals surface area contributed by atoms with Gasteiger partial charge in [-0.3, -0.25) is 4.52 Å². The topological polar surface area (TPSA) is 218 Å². The highest BCUT2D eigenvalue weighted by Crippen LogP contribution is 2.57. The molecule has 12 N–H and O–H groups in total. The summed E-state index contributed by atoms with van der Waals surface area (Å²) >= 11 is 0. The summed E-state index contributed by atoms with van der Waals surface area (Å²) in [6, 6.07) is 0. The van der Waals surface area contributed by atoms with E-state index in [4.69, 9.17) is 14.7 Å². The molecule has 0 aliphatic rings. The average Bonchev–Trinajstić information content (AvgIpc) is 1.78. The Kier molecular flexibility index (Phi) is 14.9. The first-order valence-electron chi connectivity index (χ1n) is 3.50. The Labute approximate surface area is 99.6 Å². The Balaban J connectivity index is -0.000000282. The molecule has 0 aliphatic heterocycles. The molecule has 1 atom stereocenters. The summed E-state index contributed by atoms with van der Waals surface area (Å²) in [5.74, 6) is 0. The van der Waals surface area contributed by atoms with Gasteiger partial charge in [0.25, 0.3) is 0 Å².